The van der Waals surface area contributed by atoms with Crippen molar-refractivity contribution < 1.29 is 0 Å². The van der Waals surface area contributed by atoms with Gasteiger partial charge in [0.15, 0.2) is 0 Å². The van der Waals surface area contributed by atoms with E-state index in [0.29, 0.717) is 5.95 Å². The summed E-state index contributed by atoms with van der Waals surface area (Å²) in [6.45, 7) is 1.95. The molecule has 0 amide bonds. The van der Waals surface area contributed by atoms with Crippen molar-refractivity contribution >= 4 is 33.6 Å². The Morgan fingerprint density at radius 2 is 2.07 bits per heavy atom. The summed E-state index contributed by atoms with van der Waals surface area (Å²) in [5, 5.41) is 3.97. The van der Waals surface area contributed by atoms with Gasteiger partial charge in [-0.1, -0.05) is 0 Å². The van der Waals surface area contributed by atoms with E-state index in [1.807, 2.05) is 35.0 Å². The van der Waals surface area contributed by atoms with Crippen LogP contribution >= 0.6 is 27.7 Å². The van der Waals surface area contributed by atoms with Crippen LogP contribution in [-0.2, 0) is 0 Å². The molecule has 0 saturated heterocycles. The smallest absolute Gasteiger partial charge is 0.233 e. The molecule has 2 rings (SSSR count). The summed E-state index contributed by atoms with van der Waals surface area (Å²) in [5.41, 5.74) is 0.940. The van der Waals surface area contributed by atoms with Crippen molar-refractivity contribution in [3.8, 4) is 0 Å². The SMILES string of the molecule is Cc1nc(N2C=CSC=C2)ncc1Br. The van der Waals surface area contributed by atoms with Crippen LogP contribution in [0.2, 0.25) is 0 Å². The summed E-state index contributed by atoms with van der Waals surface area (Å²) in [7, 11) is 0. The van der Waals surface area contributed by atoms with Crippen molar-refractivity contribution in [2.75, 3.05) is 4.90 Å². The van der Waals surface area contributed by atoms with Gasteiger partial charge in [-0.05, 0) is 33.7 Å². The highest BCUT2D eigenvalue weighted by Crippen LogP contribution is 2.20. The molecular formula is C9H8BrN3S. The lowest BCUT2D eigenvalue weighted by molar-refractivity contribution is 1.03. The third kappa shape index (κ3) is 1.99. The Kier molecular flexibility index (Phi) is 2.88. The fraction of sp³-hybridized carbons (Fsp3) is 0.111. The molecular weight excluding hydrogens is 262 g/mol. The maximum atomic E-state index is 4.35. The lowest BCUT2D eigenvalue weighted by Crippen LogP contribution is -2.12. The van der Waals surface area contributed by atoms with Crippen molar-refractivity contribution in [1.29, 1.82) is 0 Å². The number of aromatic nitrogens is 2. The number of nitrogens with zero attached hydrogens (tertiary/aromatic N) is 3. The summed E-state index contributed by atoms with van der Waals surface area (Å²) < 4.78 is 0.931. The van der Waals surface area contributed by atoms with Gasteiger partial charge in [0, 0.05) is 18.6 Å². The molecule has 0 atom stereocenters. The number of rotatable bonds is 1. The first kappa shape index (κ1) is 9.73. The highest BCUT2D eigenvalue weighted by Gasteiger charge is 2.06. The van der Waals surface area contributed by atoms with E-state index in [4.69, 9.17) is 0 Å². The number of anilines is 1. The van der Waals surface area contributed by atoms with Crippen LogP contribution in [0.4, 0.5) is 5.95 Å². The average molecular weight is 270 g/mol. The van der Waals surface area contributed by atoms with E-state index in [1.165, 1.54) is 0 Å². The minimum atomic E-state index is 0.693. The monoisotopic (exact) mass is 269 g/mol. The third-order valence-electron chi connectivity index (χ3n) is 1.74. The molecule has 14 heavy (non-hydrogen) atoms. The number of hydrogen-bond donors (Lipinski definition) is 0. The second-order valence-corrected chi connectivity index (χ2v) is 4.39. The first-order valence-corrected chi connectivity index (χ1v) is 5.77. The van der Waals surface area contributed by atoms with E-state index >= 15 is 0 Å². The molecule has 72 valence electrons. The zero-order valence-electron chi connectivity index (χ0n) is 7.51. The Morgan fingerprint density at radius 3 is 2.71 bits per heavy atom. The standard InChI is InChI=1S/C9H8BrN3S/c1-7-8(10)6-11-9(12-7)13-2-4-14-5-3-13/h2-6H,1H3. The predicted octanol–water partition coefficient (Wildman–Crippen LogP) is 3.04. The minimum Gasteiger partial charge on any atom is -0.292 e. The van der Waals surface area contributed by atoms with Crippen molar-refractivity contribution in [2.24, 2.45) is 0 Å². The maximum Gasteiger partial charge on any atom is 0.233 e. The Balaban J connectivity index is 2.32. The van der Waals surface area contributed by atoms with Crippen LogP contribution in [0.3, 0.4) is 0 Å². The fourth-order valence-corrected chi connectivity index (χ4v) is 1.68. The van der Waals surface area contributed by atoms with Gasteiger partial charge in [0.25, 0.3) is 0 Å². The number of hydrogen-bond acceptors (Lipinski definition) is 4. The van der Waals surface area contributed by atoms with Crippen LogP contribution in [0.5, 0.6) is 0 Å². The molecule has 1 aliphatic heterocycles. The summed E-state index contributed by atoms with van der Waals surface area (Å²) >= 11 is 5.00. The van der Waals surface area contributed by atoms with Gasteiger partial charge in [0.1, 0.15) is 0 Å². The summed E-state index contributed by atoms with van der Waals surface area (Å²) in [4.78, 5) is 10.5. The van der Waals surface area contributed by atoms with E-state index in [2.05, 4.69) is 25.9 Å². The van der Waals surface area contributed by atoms with Crippen LogP contribution in [0.15, 0.2) is 33.9 Å². The lowest BCUT2D eigenvalue weighted by Gasteiger charge is -2.15. The van der Waals surface area contributed by atoms with Gasteiger partial charge in [-0.3, -0.25) is 4.90 Å². The molecule has 1 aromatic heterocycles. The highest BCUT2D eigenvalue weighted by atomic mass is 79.9. The van der Waals surface area contributed by atoms with E-state index in [0.717, 1.165) is 10.2 Å². The normalized spacial score (nSPS) is 14.9. The first-order valence-electron chi connectivity index (χ1n) is 4.03. The Morgan fingerprint density at radius 1 is 1.36 bits per heavy atom. The molecule has 0 radical (unpaired) electrons. The number of halogens is 1. The molecule has 0 saturated carbocycles. The maximum absolute atomic E-state index is 4.35. The van der Waals surface area contributed by atoms with Crippen molar-refractivity contribution in [1.82, 2.24) is 9.97 Å². The molecule has 0 spiro atoms. The highest BCUT2D eigenvalue weighted by molar-refractivity contribution is 9.10. The zero-order valence-corrected chi connectivity index (χ0v) is 9.92. The Labute approximate surface area is 95.1 Å². The van der Waals surface area contributed by atoms with Gasteiger partial charge in [-0.2, -0.15) is 0 Å². The van der Waals surface area contributed by atoms with Gasteiger partial charge in [0.2, 0.25) is 5.95 Å². The Hall–Kier alpha value is -0.810. The Bertz CT molecular complexity index is 391. The van der Waals surface area contributed by atoms with Crippen molar-refractivity contribution in [2.45, 2.75) is 6.92 Å². The molecule has 3 nitrogen and oxygen atoms in total. The molecule has 0 aromatic carbocycles. The van der Waals surface area contributed by atoms with E-state index in [1.54, 1.807) is 18.0 Å². The topological polar surface area (TPSA) is 29.0 Å². The third-order valence-corrected chi connectivity index (χ3v) is 3.07. The molecule has 0 unspecified atom stereocenters. The van der Waals surface area contributed by atoms with Gasteiger partial charge in [-0.25, -0.2) is 9.97 Å². The molecule has 0 N–H and O–H groups in total. The van der Waals surface area contributed by atoms with E-state index in [9.17, 15) is 0 Å². The summed E-state index contributed by atoms with van der Waals surface area (Å²) in [5.74, 6) is 0.693. The quantitative estimate of drug-likeness (QED) is 0.784. The van der Waals surface area contributed by atoms with Gasteiger partial charge >= 0.3 is 0 Å². The number of aryl methyl sites for hydroxylation is 1. The predicted molar refractivity (Wildman–Crippen MR) is 62.8 cm³/mol. The summed E-state index contributed by atoms with van der Waals surface area (Å²) in [6.07, 6.45) is 5.64. The molecule has 5 heteroatoms. The van der Waals surface area contributed by atoms with Crippen LogP contribution in [0, 0.1) is 6.92 Å². The second-order valence-electron chi connectivity index (χ2n) is 2.72. The lowest BCUT2D eigenvalue weighted by atomic mass is 10.4. The van der Waals surface area contributed by atoms with Crippen molar-refractivity contribution in [3.63, 3.8) is 0 Å². The van der Waals surface area contributed by atoms with Crippen LogP contribution in [-0.4, -0.2) is 9.97 Å². The van der Waals surface area contributed by atoms with Crippen LogP contribution in [0.25, 0.3) is 0 Å². The van der Waals surface area contributed by atoms with Crippen molar-refractivity contribution in [3.05, 3.63) is 39.6 Å². The summed E-state index contributed by atoms with van der Waals surface area (Å²) in [6, 6.07) is 0. The molecule has 2 heterocycles. The van der Waals surface area contributed by atoms with Crippen LogP contribution < -0.4 is 4.90 Å². The van der Waals surface area contributed by atoms with E-state index in [-0.39, 0.29) is 0 Å². The fourth-order valence-electron chi connectivity index (χ4n) is 0.994. The largest absolute Gasteiger partial charge is 0.292 e. The molecule has 1 aliphatic rings. The minimum absolute atomic E-state index is 0.693. The molecule has 0 fully saturated rings. The van der Waals surface area contributed by atoms with E-state index < -0.39 is 0 Å². The zero-order chi connectivity index (χ0) is 9.97. The number of thioether (sulfide) groups is 1. The molecule has 0 bridgehead atoms. The molecule has 1 aromatic rings. The second kappa shape index (κ2) is 4.14. The van der Waals surface area contributed by atoms with Gasteiger partial charge < -0.3 is 0 Å². The van der Waals surface area contributed by atoms with Crippen LogP contribution in [0.1, 0.15) is 5.69 Å². The van der Waals surface area contributed by atoms with Gasteiger partial charge in [0.05, 0.1) is 10.2 Å². The average Bonchev–Trinajstić information content (AvgIpc) is 2.23. The molecule has 0 aliphatic carbocycles. The van der Waals surface area contributed by atoms with Gasteiger partial charge in [-0.15, -0.1) is 11.8 Å². The first-order chi connectivity index (χ1) is 6.77.